The zero-order valence-corrected chi connectivity index (χ0v) is 9.75. The molecule has 0 unspecified atom stereocenters. The molecule has 1 aliphatic rings. The minimum absolute atomic E-state index is 0.0194. The highest BCUT2D eigenvalue weighted by Crippen LogP contribution is 2.42. The molecule has 92 valence electrons. The molecule has 0 aromatic carbocycles. The largest absolute Gasteiger partial charge is 0.469 e. The van der Waals surface area contributed by atoms with E-state index in [1.807, 2.05) is 0 Å². The molecule has 0 aromatic heterocycles. The molecule has 0 radical (unpaired) electrons. The maximum atomic E-state index is 11.6. The minimum Gasteiger partial charge on any atom is -0.469 e. The van der Waals surface area contributed by atoms with Crippen LogP contribution in [0.1, 0.15) is 32.1 Å². The van der Waals surface area contributed by atoms with E-state index >= 15 is 0 Å². The number of methoxy groups -OCH3 is 1. The van der Waals surface area contributed by atoms with Gasteiger partial charge in [-0.05, 0) is 24.8 Å². The summed E-state index contributed by atoms with van der Waals surface area (Å²) in [5, 5.41) is 2.71. The number of amides is 1. The van der Waals surface area contributed by atoms with Gasteiger partial charge in [0.05, 0.1) is 13.5 Å². The third-order valence-electron chi connectivity index (χ3n) is 3.26. The van der Waals surface area contributed by atoms with Crippen molar-refractivity contribution < 1.29 is 14.3 Å². The molecular weight excluding hydrogens is 208 g/mol. The Kier molecular flexibility index (Phi) is 4.73. The summed E-state index contributed by atoms with van der Waals surface area (Å²) in [7, 11) is 1.34. The maximum absolute atomic E-state index is 11.6. The van der Waals surface area contributed by atoms with Crippen molar-refractivity contribution in [3.8, 4) is 0 Å². The summed E-state index contributed by atoms with van der Waals surface area (Å²) in [5.74, 6) is -0.327. The molecule has 0 bridgehead atoms. The van der Waals surface area contributed by atoms with Crippen LogP contribution in [0.5, 0.6) is 0 Å². The van der Waals surface area contributed by atoms with Gasteiger partial charge in [0.25, 0.3) is 0 Å². The lowest BCUT2D eigenvalue weighted by atomic mass is 9.66. The number of hydrogen-bond acceptors (Lipinski definition) is 4. The van der Waals surface area contributed by atoms with Crippen molar-refractivity contribution in [2.45, 2.75) is 32.1 Å². The van der Waals surface area contributed by atoms with Crippen molar-refractivity contribution in [1.82, 2.24) is 5.32 Å². The standard InChI is InChI=1S/C11H20N2O3/c1-16-10(15)3-6-13-9(14)7-11(8-12)4-2-5-11/h2-8,12H2,1H3,(H,13,14). The van der Waals surface area contributed by atoms with E-state index in [1.54, 1.807) is 0 Å². The monoisotopic (exact) mass is 228 g/mol. The Labute approximate surface area is 95.7 Å². The van der Waals surface area contributed by atoms with Gasteiger partial charge in [-0.2, -0.15) is 0 Å². The molecule has 1 rings (SSSR count). The Hall–Kier alpha value is -1.10. The summed E-state index contributed by atoms with van der Waals surface area (Å²) < 4.78 is 4.48. The summed E-state index contributed by atoms with van der Waals surface area (Å²) >= 11 is 0. The molecule has 0 aromatic rings. The van der Waals surface area contributed by atoms with E-state index in [-0.39, 0.29) is 23.7 Å². The van der Waals surface area contributed by atoms with Crippen molar-refractivity contribution in [2.24, 2.45) is 11.1 Å². The molecule has 0 saturated heterocycles. The molecule has 0 aliphatic heterocycles. The van der Waals surface area contributed by atoms with Gasteiger partial charge in [-0.25, -0.2) is 0 Å². The predicted molar refractivity (Wildman–Crippen MR) is 59.6 cm³/mol. The van der Waals surface area contributed by atoms with Crippen LogP contribution in [0.15, 0.2) is 0 Å². The number of hydrogen-bond donors (Lipinski definition) is 2. The van der Waals surface area contributed by atoms with E-state index in [4.69, 9.17) is 5.73 Å². The van der Waals surface area contributed by atoms with Crippen molar-refractivity contribution in [3.63, 3.8) is 0 Å². The van der Waals surface area contributed by atoms with Gasteiger partial charge >= 0.3 is 5.97 Å². The predicted octanol–water partition coefficient (Wildman–Crippen LogP) is 0.185. The van der Waals surface area contributed by atoms with Crippen molar-refractivity contribution in [3.05, 3.63) is 0 Å². The number of nitrogens with two attached hydrogens (primary N) is 1. The minimum atomic E-state index is -0.308. The van der Waals surface area contributed by atoms with Crippen LogP contribution in [0, 0.1) is 5.41 Å². The van der Waals surface area contributed by atoms with Gasteiger partial charge in [-0.1, -0.05) is 6.42 Å². The first-order chi connectivity index (χ1) is 7.62. The molecule has 0 atom stereocenters. The molecule has 5 heteroatoms. The van der Waals surface area contributed by atoms with Crippen molar-refractivity contribution >= 4 is 11.9 Å². The summed E-state index contributed by atoms with van der Waals surface area (Å²) in [6.45, 7) is 0.906. The second-order valence-electron chi connectivity index (χ2n) is 4.41. The Morgan fingerprint density at radius 3 is 2.56 bits per heavy atom. The second kappa shape index (κ2) is 5.84. The van der Waals surface area contributed by atoms with Crippen LogP contribution < -0.4 is 11.1 Å². The fraction of sp³-hybridized carbons (Fsp3) is 0.818. The van der Waals surface area contributed by atoms with Gasteiger partial charge in [0.2, 0.25) is 5.91 Å². The first-order valence-electron chi connectivity index (χ1n) is 5.65. The topological polar surface area (TPSA) is 81.4 Å². The average Bonchev–Trinajstić information content (AvgIpc) is 2.23. The third kappa shape index (κ3) is 3.48. The molecule has 1 aliphatic carbocycles. The number of esters is 1. The highest BCUT2D eigenvalue weighted by atomic mass is 16.5. The number of nitrogens with one attached hydrogen (secondary N) is 1. The van der Waals surface area contributed by atoms with Gasteiger partial charge in [-0.15, -0.1) is 0 Å². The zero-order valence-electron chi connectivity index (χ0n) is 9.75. The molecular formula is C11H20N2O3. The summed E-state index contributed by atoms with van der Waals surface area (Å²) in [6.07, 6.45) is 3.93. The highest BCUT2D eigenvalue weighted by molar-refractivity contribution is 5.77. The van der Waals surface area contributed by atoms with E-state index in [2.05, 4.69) is 10.1 Å². The SMILES string of the molecule is COC(=O)CCNC(=O)CC1(CN)CCC1. The summed E-state index contributed by atoms with van der Waals surface area (Å²) in [5.41, 5.74) is 5.68. The van der Waals surface area contributed by atoms with E-state index in [0.29, 0.717) is 19.5 Å². The van der Waals surface area contributed by atoms with Gasteiger partial charge in [-0.3, -0.25) is 9.59 Å². The fourth-order valence-corrected chi connectivity index (χ4v) is 1.94. The van der Waals surface area contributed by atoms with E-state index < -0.39 is 0 Å². The van der Waals surface area contributed by atoms with Crippen molar-refractivity contribution in [1.29, 1.82) is 0 Å². The van der Waals surface area contributed by atoms with Gasteiger partial charge in [0, 0.05) is 13.0 Å². The van der Waals surface area contributed by atoms with Crippen LogP contribution in [0.2, 0.25) is 0 Å². The summed E-state index contributed by atoms with van der Waals surface area (Å²) in [6, 6.07) is 0. The Morgan fingerprint density at radius 1 is 1.44 bits per heavy atom. The molecule has 16 heavy (non-hydrogen) atoms. The molecule has 1 saturated carbocycles. The second-order valence-corrected chi connectivity index (χ2v) is 4.41. The maximum Gasteiger partial charge on any atom is 0.307 e. The lowest BCUT2D eigenvalue weighted by Crippen LogP contribution is -2.42. The van der Waals surface area contributed by atoms with Crippen LogP contribution in [0.4, 0.5) is 0 Å². The smallest absolute Gasteiger partial charge is 0.307 e. The molecule has 1 fully saturated rings. The normalized spacial score (nSPS) is 17.4. The number of carbonyl (C=O) groups excluding carboxylic acids is 2. The first kappa shape index (κ1) is 13.0. The molecule has 3 N–H and O–H groups in total. The summed E-state index contributed by atoms with van der Waals surface area (Å²) in [4.78, 5) is 22.4. The van der Waals surface area contributed by atoms with Gasteiger partial charge in [0.1, 0.15) is 0 Å². The van der Waals surface area contributed by atoms with Crippen LogP contribution in [0.3, 0.4) is 0 Å². The molecule has 1 amide bonds. The quantitative estimate of drug-likeness (QED) is 0.636. The van der Waals surface area contributed by atoms with E-state index in [0.717, 1.165) is 19.3 Å². The number of ether oxygens (including phenoxy) is 1. The number of rotatable bonds is 6. The first-order valence-corrected chi connectivity index (χ1v) is 5.65. The lowest BCUT2D eigenvalue weighted by Gasteiger charge is -2.40. The van der Waals surface area contributed by atoms with Gasteiger partial charge < -0.3 is 15.8 Å². The van der Waals surface area contributed by atoms with E-state index in [9.17, 15) is 9.59 Å². The van der Waals surface area contributed by atoms with Crippen molar-refractivity contribution in [2.75, 3.05) is 20.2 Å². The van der Waals surface area contributed by atoms with Crippen LogP contribution in [-0.2, 0) is 14.3 Å². The Bertz CT molecular complexity index is 256. The van der Waals surface area contributed by atoms with Crippen LogP contribution >= 0.6 is 0 Å². The zero-order chi connectivity index (χ0) is 12.0. The van der Waals surface area contributed by atoms with Crippen LogP contribution in [-0.4, -0.2) is 32.1 Å². The molecule has 5 nitrogen and oxygen atoms in total. The van der Waals surface area contributed by atoms with Crippen LogP contribution in [0.25, 0.3) is 0 Å². The third-order valence-corrected chi connectivity index (χ3v) is 3.26. The van der Waals surface area contributed by atoms with Gasteiger partial charge in [0.15, 0.2) is 0 Å². The number of carbonyl (C=O) groups is 2. The molecule has 0 heterocycles. The lowest BCUT2D eigenvalue weighted by molar-refractivity contribution is -0.140. The Balaban J connectivity index is 2.18. The molecule has 0 spiro atoms. The van der Waals surface area contributed by atoms with E-state index in [1.165, 1.54) is 7.11 Å². The highest BCUT2D eigenvalue weighted by Gasteiger charge is 2.37. The Morgan fingerprint density at radius 2 is 2.12 bits per heavy atom. The average molecular weight is 228 g/mol. The fourth-order valence-electron chi connectivity index (χ4n) is 1.94.